The Balaban J connectivity index is 2.69. The summed E-state index contributed by atoms with van der Waals surface area (Å²) in [6.45, 7) is 0.130. The number of carbonyl (C=O) groups excluding carboxylic acids is 1. The van der Waals surface area contributed by atoms with E-state index in [0.717, 1.165) is 12.0 Å². The summed E-state index contributed by atoms with van der Waals surface area (Å²) in [6.07, 6.45) is -1.49. The molecule has 1 rings (SSSR count). The first-order chi connectivity index (χ1) is 8.06. The summed E-state index contributed by atoms with van der Waals surface area (Å²) in [5.41, 5.74) is 6.34. The number of rotatable bonds is 6. The molecule has 5 heteroatoms. The number of primary amides is 1. The minimum atomic E-state index is -1.60. The number of hydrogen-bond donors (Lipinski definition) is 4. The first-order valence-electron chi connectivity index (χ1n) is 5.41. The molecule has 1 amide bonds. The van der Waals surface area contributed by atoms with Crippen LogP contribution in [0.1, 0.15) is 23.7 Å². The average Bonchev–Trinajstić information content (AvgIpc) is 2.35. The normalized spacial score (nSPS) is 14.3. The molecule has 2 atom stereocenters. The van der Waals surface area contributed by atoms with Crippen LogP contribution in [0.15, 0.2) is 24.3 Å². The van der Waals surface area contributed by atoms with Gasteiger partial charge in [-0.3, -0.25) is 4.79 Å². The van der Waals surface area contributed by atoms with Gasteiger partial charge >= 0.3 is 0 Å². The van der Waals surface area contributed by atoms with Crippen LogP contribution >= 0.6 is 0 Å². The molecule has 0 aliphatic carbocycles. The predicted molar refractivity (Wildman–Crippen MR) is 62.0 cm³/mol. The van der Waals surface area contributed by atoms with Crippen LogP contribution in [0, 0.1) is 0 Å². The molecule has 2 unspecified atom stereocenters. The van der Waals surface area contributed by atoms with Crippen LogP contribution in [0.25, 0.3) is 0 Å². The van der Waals surface area contributed by atoms with Gasteiger partial charge in [0.15, 0.2) is 6.10 Å². The lowest BCUT2D eigenvalue weighted by Gasteiger charge is -2.15. The van der Waals surface area contributed by atoms with Crippen LogP contribution in [-0.4, -0.2) is 33.9 Å². The van der Waals surface area contributed by atoms with Gasteiger partial charge in [-0.2, -0.15) is 0 Å². The number of aryl methyl sites for hydroxylation is 1. The van der Waals surface area contributed by atoms with E-state index in [0.29, 0.717) is 12.0 Å². The molecule has 0 spiro atoms. The fourth-order valence-corrected chi connectivity index (χ4v) is 1.50. The molecule has 1 aromatic rings. The van der Waals surface area contributed by atoms with E-state index in [1.807, 2.05) is 0 Å². The first kappa shape index (κ1) is 13.6. The zero-order valence-electron chi connectivity index (χ0n) is 9.41. The lowest BCUT2D eigenvalue weighted by Crippen LogP contribution is -2.33. The van der Waals surface area contributed by atoms with E-state index in [4.69, 9.17) is 10.8 Å². The fourth-order valence-electron chi connectivity index (χ4n) is 1.50. The van der Waals surface area contributed by atoms with Gasteiger partial charge in [-0.15, -0.1) is 0 Å². The van der Waals surface area contributed by atoms with E-state index in [2.05, 4.69) is 0 Å². The molecule has 0 radical (unpaired) electrons. The average molecular weight is 239 g/mol. The van der Waals surface area contributed by atoms with Crippen molar-refractivity contribution in [1.29, 1.82) is 0 Å². The predicted octanol–water partition coefficient (Wildman–Crippen LogP) is -0.509. The largest absolute Gasteiger partial charge is 0.396 e. The highest BCUT2D eigenvalue weighted by Crippen LogP contribution is 2.17. The maximum Gasteiger partial charge on any atom is 0.249 e. The number of hydrogen-bond acceptors (Lipinski definition) is 4. The Morgan fingerprint density at radius 2 is 1.82 bits per heavy atom. The molecule has 5 nitrogen and oxygen atoms in total. The van der Waals surface area contributed by atoms with E-state index in [1.165, 1.54) is 0 Å². The smallest absolute Gasteiger partial charge is 0.249 e. The Kier molecular flexibility index (Phi) is 5.09. The summed E-state index contributed by atoms with van der Waals surface area (Å²) < 4.78 is 0. The van der Waals surface area contributed by atoms with Gasteiger partial charge in [0.25, 0.3) is 0 Å². The highest BCUT2D eigenvalue weighted by Gasteiger charge is 2.22. The van der Waals surface area contributed by atoms with Crippen LogP contribution < -0.4 is 5.73 Å². The Morgan fingerprint density at radius 3 is 2.29 bits per heavy atom. The van der Waals surface area contributed by atoms with Crippen molar-refractivity contribution in [3.63, 3.8) is 0 Å². The number of nitrogens with two attached hydrogens (primary N) is 1. The second kappa shape index (κ2) is 6.34. The third-order valence-corrected chi connectivity index (χ3v) is 2.54. The van der Waals surface area contributed by atoms with Gasteiger partial charge in [0, 0.05) is 6.61 Å². The molecule has 0 saturated carbocycles. The SMILES string of the molecule is NC(=O)C(O)C(O)c1ccc(CCCO)cc1. The number of carbonyl (C=O) groups is 1. The van der Waals surface area contributed by atoms with Crippen molar-refractivity contribution in [2.45, 2.75) is 25.0 Å². The molecular weight excluding hydrogens is 222 g/mol. The standard InChI is InChI=1S/C12H17NO4/c13-12(17)11(16)10(15)9-5-3-8(4-6-9)2-1-7-14/h3-6,10-11,14-16H,1-2,7H2,(H2,13,17). The van der Waals surface area contributed by atoms with E-state index >= 15 is 0 Å². The van der Waals surface area contributed by atoms with E-state index in [9.17, 15) is 15.0 Å². The summed E-state index contributed by atoms with van der Waals surface area (Å²) in [5.74, 6) is -0.957. The van der Waals surface area contributed by atoms with Gasteiger partial charge < -0.3 is 21.1 Å². The number of aliphatic hydroxyl groups is 3. The molecule has 0 fully saturated rings. The molecule has 0 aliphatic rings. The molecule has 1 aromatic carbocycles. The second-order valence-electron chi connectivity index (χ2n) is 3.86. The van der Waals surface area contributed by atoms with Crippen molar-refractivity contribution in [2.24, 2.45) is 5.73 Å². The van der Waals surface area contributed by atoms with Crippen molar-refractivity contribution in [3.05, 3.63) is 35.4 Å². The fraction of sp³-hybridized carbons (Fsp3) is 0.417. The van der Waals surface area contributed by atoms with Crippen molar-refractivity contribution in [3.8, 4) is 0 Å². The van der Waals surface area contributed by atoms with Gasteiger partial charge in [0.2, 0.25) is 5.91 Å². The first-order valence-corrected chi connectivity index (χ1v) is 5.41. The van der Waals surface area contributed by atoms with Gasteiger partial charge in [-0.1, -0.05) is 24.3 Å². The van der Waals surface area contributed by atoms with Gasteiger partial charge in [0.05, 0.1) is 0 Å². The van der Waals surface area contributed by atoms with Crippen LogP contribution in [0.5, 0.6) is 0 Å². The summed E-state index contributed by atoms with van der Waals surface area (Å²) in [5, 5.41) is 27.6. The monoisotopic (exact) mass is 239 g/mol. The van der Waals surface area contributed by atoms with Crippen molar-refractivity contribution >= 4 is 5.91 Å². The van der Waals surface area contributed by atoms with Gasteiger partial charge in [-0.05, 0) is 24.0 Å². The molecule has 0 aromatic heterocycles. The zero-order chi connectivity index (χ0) is 12.8. The Bertz CT molecular complexity index is 363. The van der Waals surface area contributed by atoms with Crippen LogP contribution in [0.2, 0.25) is 0 Å². The Labute approximate surface area is 99.5 Å². The molecule has 5 N–H and O–H groups in total. The molecule has 0 heterocycles. The lowest BCUT2D eigenvalue weighted by atomic mass is 10.0. The number of aliphatic hydroxyl groups excluding tert-OH is 3. The van der Waals surface area contributed by atoms with Gasteiger partial charge in [0.1, 0.15) is 6.10 Å². The van der Waals surface area contributed by atoms with E-state index in [-0.39, 0.29) is 6.61 Å². The minimum Gasteiger partial charge on any atom is -0.396 e. The van der Waals surface area contributed by atoms with E-state index in [1.54, 1.807) is 24.3 Å². The lowest BCUT2D eigenvalue weighted by molar-refractivity contribution is -0.131. The highest BCUT2D eigenvalue weighted by molar-refractivity contribution is 5.79. The number of benzene rings is 1. The molecule has 17 heavy (non-hydrogen) atoms. The summed E-state index contributed by atoms with van der Waals surface area (Å²) >= 11 is 0. The quantitative estimate of drug-likeness (QED) is 0.536. The Morgan fingerprint density at radius 1 is 1.24 bits per heavy atom. The summed E-state index contributed by atoms with van der Waals surface area (Å²) in [6, 6.07) is 6.82. The van der Waals surface area contributed by atoms with Crippen molar-refractivity contribution < 1.29 is 20.1 Å². The maximum atomic E-state index is 10.7. The molecule has 0 bridgehead atoms. The molecule has 94 valence electrons. The molecule has 0 aliphatic heterocycles. The summed E-state index contributed by atoms with van der Waals surface area (Å²) in [7, 11) is 0. The zero-order valence-corrected chi connectivity index (χ0v) is 9.41. The van der Waals surface area contributed by atoms with Crippen molar-refractivity contribution in [1.82, 2.24) is 0 Å². The van der Waals surface area contributed by atoms with Gasteiger partial charge in [-0.25, -0.2) is 0 Å². The third kappa shape index (κ3) is 3.81. The molecular formula is C12H17NO4. The van der Waals surface area contributed by atoms with Crippen molar-refractivity contribution in [2.75, 3.05) is 6.61 Å². The second-order valence-corrected chi connectivity index (χ2v) is 3.86. The topological polar surface area (TPSA) is 104 Å². The highest BCUT2D eigenvalue weighted by atomic mass is 16.3. The van der Waals surface area contributed by atoms with Crippen LogP contribution in [0.4, 0.5) is 0 Å². The minimum absolute atomic E-state index is 0.130. The van der Waals surface area contributed by atoms with Crippen LogP contribution in [0.3, 0.4) is 0 Å². The number of amides is 1. The third-order valence-electron chi connectivity index (χ3n) is 2.54. The Hall–Kier alpha value is -1.43. The maximum absolute atomic E-state index is 10.7. The van der Waals surface area contributed by atoms with Crippen LogP contribution in [-0.2, 0) is 11.2 Å². The summed E-state index contributed by atoms with van der Waals surface area (Å²) in [4.78, 5) is 10.7. The molecule has 0 saturated heterocycles. The van der Waals surface area contributed by atoms with E-state index < -0.39 is 18.1 Å².